The SMILES string of the molecule is O=C(NN1CCCC1)c1cn(-c2ccc(Cl)cc2)c(-c2ccc(Cl)cc2Cl)n1. The highest BCUT2D eigenvalue weighted by molar-refractivity contribution is 6.36. The van der Waals surface area contributed by atoms with E-state index in [9.17, 15) is 4.79 Å². The Morgan fingerprint density at radius 1 is 0.964 bits per heavy atom. The number of imidazole rings is 1. The molecule has 1 aliphatic rings. The number of aromatic nitrogens is 2. The summed E-state index contributed by atoms with van der Waals surface area (Å²) in [5.74, 6) is 0.302. The van der Waals surface area contributed by atoms with Crippen molar-refractivity contribution in [3.63, 3.8) is 0 Å². The van der Waals surface area contributed by atoms with Crippen LogP contribution in [0.4, 0.5) is 0 Å². The summed E-state index contributed by atoms with van der Waals surface area (Å²) in [7, 11) is 0. The first-order valence-electron chi connectivity index (χ1n) is 8.88. The summed E-state index contributed by atoms with van der Waals surface area (Å²) in [4.78, 5) is 17.3. The van der Waals surface area contributed by atoms with Crippen LogP contribution in [0.2, 0.25) is 15.1 Å². The average Bonchev–Trinajstić information content (AvgIpc) is 3.32. The first kappa shape index (κ1) is 19.3. The fourth-order valence-corrected chi connectivity index (χ4v) is 3.80. The standard InChI is InChI=1S/C20H17Cl3N4O/c21-13-3-6-15(7-4-13)27-12-18(20(28)25-26-9-1-2-10-26)24-19(27)16-8-5-14(22)11-17(16)23/h3-8,11-12H,1-2,9-10H2,(H,25,28). The smallest absolute Gasteiger partial charge is 0.285 e. The maximum atomic E-state index is 12.7. The van der Waals surface area contributed by atoms with Crippen LogP contribution >= 0.6 is 34.8 Å². The molecule has 0 atom stereocenters. The van der Waals surface area contributed by atoms with Crippen molar-refractivity contribution in [1.82, 2.24) is 20.0 Å². The summed E-state index contributed by atoms with van der Waals surface area (Å²) in [6, 6.07) is 12.5. The van der Waals surface area contributed by atoms with E-state index in [2.05, 4.69) is 10.4 Å². The Hall–Kier alpha value is -2.05. The molecule has 4 rings (SSSR count). The number of hydrogen-bond donors (Lipinski definition) is 1. The topological polar surface area (TPSA) is 50.2 Å². The van der Waals surface area contributed by atoms with E-state index in [0.29, 0.717) is 32.1 Å². The molecule has 5 nitrogen and oxygen atoms in total. The van der Waals surface area contributed by atoms with Gasteiger partial charge < -0.3 is 0 Å². The van der Waals surface area contributed by atoms with Crippen LogP contribution in [0.3, 0.4) is 0 Å². The van der Waals surface area contributed by atoms with Crippen LogP contribution in [0.1, 0.15) is 23.3 Å². The van der Waals surface area contributed by atoms with Crippen molar-refractivity contribution < 1.29 is 4.79 Å². The van der Waals surface area contributed by atoms with Crippen LogP contribution in [0, 0.1) is 0 Å². The predicted octanol–water partition coefficient (Wildman–Crippen LogP) is 5.24. The molecule has 2 aromatic carbocycles. The predicted molar refractivity (Wildman–Crippen MR) is 112 cm³/mol. The van der Waals surface area contributed by atoms with Gasteiger partial charge >= 0.3 is 0 Å². The van der Waals surface area contributed by atoms with E-state index < -0.39 is 0 Å². The molecule has 1 saturated heterocycles. The monoisotopic (exact) mass is 434 g/mol. The molecule has 0 saturated carbocycles. The van der Waals surface area contributed by atoms with Crippen LogP contribution in [0.25, 0.3) is 17.1 Å². The highest BCUT2D eigenvalue weighted by Gasteiger charge is 2.21. The van der Waals surface area contributed by atoms with Crippen LogP contribution in [0.15, 0.2) is 48.7 Å². The molecular weight excluding hydrogens is 419 g/mol. The lowest BCUT2D eigenvalue weighted by atomic mass is 10.2. The van der Waals surface area contributed by atoms with Crippen LogP contribution < -0.4 is 5.43 Å². The zero-order valence-electron chi connectivity index (χ0n) is 14.8. The van der Waals surface area contributed by atoms with Gasteiger partial charge in [-0.05, 0) is 55.3 Å². The second kappa shape index (κ2) is 8.13. The molecule has 1 amide bonds. The lowest BCUT2D eigenvalue weighted by Crippen LogP contribution is -2.40. The van der Waals surface area contributed by atoms with Gasteiger partial charge in [-0.3, -0.25) is 14.8 Å². The first-order chi connectivity index (χ1) is 13.5. The minimum Gasteiger partial charge on any atom is -0.299 e. The number of carbonyl (C=O) groups excluding carboxylic acids is 1. The largest absolute Gasteiger partial charge is 0.299 e. The van der Waals surface area contributed by atoms with Crippen molar-refractivity contribution in [1.29, 1.82) is 0 Å². The summed E-state index contributed by atoms with van der Waals surface area (Å²) in [6.07, 6.45) is 3.85. The lowest BCUT2D eigenvalue weighted by Gasteiger charge is -2.14. The molecule has 0 spiro atoms. The molecule has 28 heavy (non-hydrogen) atoms. The number of nitrogens with zero attached hydrogens (tertiary/aromatic N) is 3. The first-order valence-corrected chi connectivity index (χ1v) is 10.0. The van der Waals surface area contributed by atoms with E-state index in [1.807, 2.05) is 21.7 Å². The average molecular weight is 436 g/mol. The number of carbonyl (C=O) groups is 1. The van der Waals surface area contributed by atoms with E-state index in [-0.39, 0.29) is 5.91 Å². The Morgan fingerprint density at radius 2 is 1.64 bits per heavy atom. The fourth-order valence-electron chi connectivity index (χ4n) is 3.18. The Labute approximate surface area is 177 Å². The van der Waals surface area contributed by atoms with Gasteiger partial charge in [0, 0.05) is 40.6 Å². The zero-order valence-corrected chi connectivity index (χ0v) is 17.1. The molecule has 1 aromatic heterocycles. The van der Waals surface area contributed by atoms with Gasteiger partial charge in [0.05, 0.1) is 5.02 Å². The summed E-state index contributed by atoms with van der Waals surface area (Å²) < 4.78 is 1.82. The van der Waals surface area contributed by atoms with E-state index in [4.69, 9.17) is 34.8 Å². The third-order valence-electron chi connectivity index (χ3n) is 4.58. The minimum atomic E-state index is -0.249. The summed E-state index contributed by atoms with van der Waals surface area (Å²) in [6.45, 7) is 1.69. The highest BCUT2D eigenvalue weighted by atomic mass is 35.5. The second-order valence-electron chi connectivity index (χ2n) is 6.56. The Bertz CT molecular complexity index is 1010. The third-order valence-corrected chi connectivity index (χ3v) is 5.38. The molecule has 1 aliphatic heterocycles. The molecule has 2 heterocycles. The molecule has 0 bridgehead atoms. The maximum absolute atomic E-state index is 12.7. The van der Waals surface area contributed by atoms with Gasteiger partial charge in [-0.1, -0.05) is 34.8 Å². The molecule has 1 fully saturated rings. The second-order valence-corrected chi connectivity index (χ2v) is 7.84. The van der Waals surface area contributed by atoms with E-state index >= 15 is 0 Å². The Kier molecular flexibility index (Phi) is 5.60. The third kappa shape index (κ3) is 4.03. The fraction of sp³-hybridized carbons (Fsp3) is 0.200. The lowest BCUT2D eigenvalue weighted by molar-refractivity contribution is 0.0821. The van der Waals surface area contributed by atoms with E-state index in [1.54, 1.807) is 36.5 Å². The summed E-state index contributed by atoms with van der Waals surface area (Å²) in [5, 5.41) is 3.53. The normalized spacial score (nSPS) is 14.4. The highest BCUT2D eigenvalue weighted by Crippen LogP contribution is 2.31. The minimum absolute atomic E-state index is 0.249. The molecule has 3 aromatic rings. The van der Waals surface area contributed by atoms with Gasteiger partial charge in [0.2, 0.25) is 0 Å². The van der Waals surface area contributed by atoms with Crippen molar-refractivity contribution in [2.45, 2.75) is 12.8 Å². The Balaban J connectivity index is 1.77. The van der Waals surface area contributed by atoms with E-state index in [0.717, 1.165) is 31.6 Å². The van der Waals surface area contributed by atoms with Gasteiger partial charge in [-0.2, -0.15) is 0 Å². The van der Waals surface area contributed by atoms with Crippen LogP contribution in [-0.2, 0) is 0 Å². The molecule has 144 valence electrons. The van der Waals surface area contributed by atoms with Gasteiger partial charge in [0.25, 0.3) is 5.91 Å². The number of halogens is 3. The summed E-state index contributed by atoms with van der Waals surface area (Å²) in [5.41, 5.74) is 4.72. The van der Waals surface area contributed by atoms with E-state index in [1.165, 1.54) is 0 Å². The van der Waals surface area contributed by atoms with Crippen molar-refractivity contribution in [3.8, 4) is 17.1 Å². The number of rotatable bonds is 4. The zero-order chi connectivity index (χ0) is 19.7. The molecule has 0 aliphatic carbocycles. The van der Waals surface area contributed by atoms with Crippen LogP contribution in [-0.4, -0.2) is 33.6 Å². The number of amides is 1. The quantitative estimate of drug-likeness (QED) is 0.609. The van der Waals surface area contributed by atoms with Crippen molar-refractivity contribution in [3.05, 3.63) is 69.4 Å². The number of hydrogen-bond acceptors (Lipinski definition) is 3. The maximum Gasteiger partial charge on any atom is 0.285 e. The van der Waals surface area contributed by atoms with Gasteiger partial charge in [-0.15, -0.1) is 0 Å². The number of benzene rings is 2. The Morgan fingerprint density at radius 3 is 2.32 bits per heavy atom. The molecule has 8 heteroatoms. The van der Waals surface area contributed by atoms with Crippen molar-refractivity contribution >= 4 is 40.7 Å². The van der Waals surface area contributed by atoms with Gasteiger partial charge in [0.1, 0.15) is 11.5 Å². The van der Waals surface area contributed by atoms with Crippen molar-refractivity contribution in [2.75, 3.05) is 13.1 Å². The molecule has 0 unspecified atom stereocenters. The van der Waals surface area contributed by atoms with Crippen LogP contribution in [0.5, 0.6) is 0 Å². The summed E-state index contributed by atoms with van der Waals surface area (Å²) >= 11 is 18.5. The number of hydrazine groups is 1. The molecule has 0 radical (unpaired) electrons. The molecule has 1 N–H and O–H groups in total. The molecular formula is C20H17Cl3N4O. The van der Waals surface area contributed by atoms with Gasteiger partial charge in [0.15, 0.2) is 0 Å². The van der Waals surface area contributed by atoms with Gasteiger partial charge in [-0.25, -0.2) is 9.99 Å². The van der Waals surface area contributed by atoms with Crippen molar-refractivity contribution in [2.24, 2.45) is 0 Å². The number of nitrogens with one attached hydrogen (secondary N) is 1.